The fourth-order valence-electron chi connectivity index (χ4n) is 3.87. The van der Waals surface area contributed by atoms with Crippen LogP contribution in [0.25, 0.3) is 11.3 Å². The van der Waals surface area contributed by atoms with E-state index in [2.05, 4.69) is 41.8 Å². The van der Waals surface area contributed by atoms with E-state index in [4.69, 9.17) is 14.5 Å². The lowest BCUT2D eigenvalue weighted by Gasteiger charge is -2.31. The van der Waals surface area contributed by atoms with E-state index in [1.807, 2.05) is 24.3 Å². The summed E-state index contributed by atoms with van der Waals surface area (Å²) in [7, 11) is 3.86. The van der Waals surface area contributed by atoms with Gasteiger partial charge in [-0.3, -0.25) is 0 Å². The molecular formula is C22H26N3O2. The van der Waals surface area contributed by atoms with Crippen molar-refractivity contribution in [3.63, 3.8) is 0 Å². The van der Waals surface area contributed by atoms with Crippen LogP contribution in [0, 0.1) is 6.92 Å². The van der Waals surface area contributed by atoms with Crippen LogP contribution in [0.2, 0.25) is 0 Å². The summed E-state index contributed by atoms with van der Waals surface area (Å²) in [5.41, 5.74) is 4.88. The highest BCUT2D eigenvalue weighted by atomic mass is 16.5. The van der Waals surface area contributed by atoms with E-state index in [0.29, 0.717) is 0 Å². The van der Waals surface area contributed by atoms with E-state index >= 15 is 0 Å². The standard InChI is InChI=1S/C22H26N3O2/c1-16-13-25(14-17-6-8-18(26-3)9-7-17)22(19-15-24(2)11-10-23-19)21(16)20-5-4-12-27-20/h4-9,12-13,19H,10-11,14-15H2,1-3H3. The molecular weight excluding hydrogens is 338 g/mol. The summed E-state index contributed by atoms with van der Waals surface area (Å²) >= 11 is 0. The van der Waals surface area contributed by atoms with Gasteiger partial charge in [-0.25, -0.2) is 5.32 Å². The highest BCUT2D eigenvalue weighted by molar-refractivity contribution is 5.66. The van der Waals surface area contributed by atoms with Gasteiger partial charge < -0.3 is 18.6 Å². The van der Waals surface area contributed by atoms with Gasteiger partial charge in [-0.15, -0.1) is 0 Å². The minimum absolute atomic E-state index is 0.149. The molecule has 1 atom stereocenters. The van der Waals surface area contributed by atoms with Crippen LogP contribution in [0.4, 0.5) is 0 Å². The van der Waals surface area contributed by atoms with Gasteiger partial charge in [-0.1, -0.05) is 12.1 Å². The van der Waals surface area contributed by atoms with Gasteiger partial charge in [-0.05, 0) is 49.4 Å². The number of hydrogen-bond donors (Lipinski definition) is 0. The highest BCUT2D eigenvalue weighted by Gasteiger charge is 2.28. The quantitative estimate of drug-likeness (QED) is 0.693. The maximum Gasteiger partial charge on any atom is 0.135 e. The first-order valence-electron chi connectivity index (χ1n) is 9.37. The topological polar surface area (TPSA) is 44.6 Å². The SMILES string of the molecule is COc1ccc(Cn2cc(C)c(-c3ccco3)c2C2CN(C)CC[N]2)cc1. The summed E-state index contributed by atoms with van der Waals surface area (Å²) in [6, 6.07) is 12.4. The molecule has 0 bridgehead atoms. The summed E-state index contributed by atoms with van der Waals surface area (Å²) in [6.45, 7) is 5.77. The lowest BCUT2D eigenvalue weighted by atomic mass is 10.0. The molecule has 0 saturated carbocycles. The zero-order chi connectivity index (χ0) is 18.8. The monoisotopic (exact) mass is 364 g/mol. The van der Waals surface area contributed by atoms with Gasteiger partial charge in [0.2, 0.25) is 0 Å². The minimum atomic E-state index is 0.149. The molecule has 5 nitrogen and oxygen atoms in total. The molecule has 0 aliphatic carbocycles. The molecule has 2 aromatic heterocycles. The van der Waals surface area contributed by atoms with Crippen molar-refractivity contribution < 1.29 is 9.15 Å². The average Bonchev–Trinajstić information content (AvgIpc) is 3.30. The fourth-order valence-corrected chi connectivity index (χ4v) is 3.87. The maximum atomic E-state index is 5.77. The third-order valence-electron chi connectivity index (χ3n) is 5.22. The van der Waals surface area contributed by atoms with E-state index in [1.54, 1.807) is 13.4 Å². The van der Waals surface area contributed by atoms with Crippen LogP contribution in [-0.2, 0) is 6.54 Å². The lowest BCUT2D eigenvalue weighted by Crippen LogP contribution is -2.41. The third kappa shape index (κ3) is 3.66. The van der Waals surface area contributed by atoms with Crippen LogP contribution in [-0.4, -0.2) is 43.3 Å². The normalized spacial score (nSPS) is 18.0. The molecule has 1 aromatic carbocycles. The second kappa shape index (κ2) is 7.62. The van der Waals surface area contributed by atoms with Crippen molar-refractivity contribution in [2.75, 3.05) is 33.8 Å². The molecule has 1 fully saturated rings. The van der Waals surface area contributed by atoms with Gasteiger partial charge >= 0.3 is 0 Å². The first-order valence-corrected chi connectivity index (χ1v) is 9.37. The second-order valence-electron chi connectivity index (χ2n) is 7.21. The number of hydrogen-bond acceptors (Lipinski definition) is 3. The number of furan rings is 1. The van der Waals surface area contributed by atoms with Crippen LogP contribution in [0.5, 0.6) is 5.75 Å². The number of rotatable bonds is 5. The second-order valence-corrected chi connectivity index (χ2v) is 7.21. The van der Waals surface area contributed by atoms with Crippen molar-refractivity contribution in [2.24, 2.45) is 0 Å². The van der Waals surface area contributed by atoms with Crippen molar-refractivity contribution in [1.29, 1.82) is 0 Å². The molecule has 0 N–H and O–H groups in total. The maximum absolute atomic E-state index is 5.77. The Bertz CT molecular complexity index is 881. The van der Waals surface area contributed by atoms with Crippen molar-refractivity contribution in [2.45, 2.75) is 19.5 Å². The van der Waals surface area contributed by atoms with Crippen LogP contribution in [0.1, 0.15) is 22.9 Å². The fraction of sp³-hybridized carbons (Fsp3) is 0.364. The Hall–Kier alpha value is -2.50. The largest absolute Gasteiger partial charge is 0.497 e. The summed E-state index contributed by atoms with van der Waals surface area (Å²) in [4.78, 5) is 2.35. The molecule has 5 heteroatoms. The Morgan fingerprint density at radius 1 is 1.22 bits per heavy atom. The molecule has 1 saturated heterocycles. The molecule has 141 valence electrons. The molecule has 4 rings (SSSR count). The van der Waals surface area contributed by atoms with E-state index in [0.717, 1.165) is 37.7 Å². The van der Waals surface area contributed by atoms with E-state index in [-0.39, 0.29) is 6.04 Å². The smallest absolute Gasteiger partial charge is 0.135 e. The van der Waals surface area contributed by atoms with Gasteiger partial charge in [0.25, 0.3) is 0 Å². The Morgan fingerprint density at radius 2 is 2.04 bits per heavy atom. The molecule has 3 heterocycles. The van der Waals surface area contributed by atoms with Crippen LogP contribution >= 0.6 is 0 Å². The number of aromatic nitrogens is 1. The van der Waals surface area contributed by atoms with Crippen LogP contribution in [0.15, 0.2) is 53.3 Å². The van der Waals surface area contributed by atoms with Crippen molar-refractivity contribution in [3.8, 4) is 17.1 Å². The zero-order valence-corrected chi connectivity index (χ0v) is 16.2. The predicted octanol–water partition coefficient (Wildman–Crippen LogP) is 3.70. The third-order valence-corrected chi connectivity index (χ3v) is 5.22. The Balaban J connectivity index is 1.74. The number of aryl methyl sites for hydroxylation is 1. The number of benzene rings is 1. The Kier molecular flexibility index (Phi) is 5.05. The average molecular weight is 364 g/mol. The Labute approximate surface area is 160 Å². The molecule has 0 amide bonds. The van der Waals surface area contributed by atoms with Gasteiger partial charge in [0, 0.05) is 43.6 Å². The molecule has 1 aliphatic heterocycles. The number of likely N-dealkylation sites (N-methyl/N-ethyl adjacent to an activating group) is 1. The molecule has 0 spiro atoms. The van der Waals surface area contributed by atoms with Gasteiger partial charge in [-0.2, -0.15) is 0 Å². The van der Waals surface area contributed by atoms with Crippen LogP contribution in [0.3, 0.4) is 0 Å². The summed E-state index contributed by atoms with van der Waals surface area (Å²) < 4.78 is 13.4. The van der Waals surface area contributed by atoms with E-state index in [9.17, 15) is 0 Å². The lowest BCUT2D eigenvalue weighted by molar-refractivity contribution is 0.231. The first-order chi connectivity index (χ1) is 13.2. The van der Waals surface area contributed by atoms with E-state index in [1.165, 1.54) is 22.4 Å². The van der Waals surface area contributed by atoms with Crippen LogP contribution < -0.4 is 10.1 Å². The first kappa shape index (κ1) is 17.9. The van der Waals surface area contributed by atoms with Gasteiger partial charge in [0.15, 0.2) is 0 Å². The Morgan fingerprint density at radius 3 is 2.70 bits per heavy atom. The van der Waals surface area contributed by atoms with Crippen molar-refractivity contribution in [3.05, 3.63) is 65.7 Å². The van der Waals surface area contributed by atoms with E-state index < -0.39 is 0 Å². The van der Waals surface area contributed by atoms with Gasteiger partial charge in [0.1, 0.15) is 11.5 Å². The number of ether oxygens (including phenoxy) is 1. The predicted molar refractivity (Wildman–Crippen MR) is 106 cm³/mol. The zero-order valence-electron chi connectivity index (χ0n) is 16.2. The van der Waals surface area contributed by atoms with Gasteiger partial charge in [0.05, 0.1) is 19.4 Å². The number of nitrogens with zero attached hydrogens (tertiary/aromatic N) is 3. The van der Waals surface area contributed by atoms with Crippen molar-refractivity contribution in [1.82, 2.24) is 14.8 Å². The highest BCUT2D eigenvalue weighted by Crippen LogP contribution is 2.35. The minimum Gasteiger partial charge on any atom is -0.497 e. The van der Waals surface area contributed by atoms with Crippen molar-refractivity contribution >= 4 is 0 Å². The number of methoxy groups -OCH3 is 1. The molecule has 1 aliphatic rings. The molecule has 1 radical (unpaired) electrons. The molecule has 27 heavy (non-hydrogen) atoms. The molecule has 3 aromatic rings. The number of piperazine rings is 1. The molecule has 1 unspecified atom stereocenters. The summed E-state index contributed by atoms with van der Waals surface area (Å²) in [5.74, 6) is 1.79. The summed E-state index contributed by atoms with van der Waals surface area (Å²) in [6.07, 6.45) is 3.96. The summed E-state index contributed by atoms with van der Waals surface area (Å²) in [5, 5.41) is 4.94.